The maximum absolute atomic E-state index is 13.8. The lowest BCUT2D eigenvalue weighted by molar-refractivity contribution is -0.0498. The SMILES string of the molecule is O=C(COC(=O)c1cc(-c2ccc(OC(F)F)cc2)nc2ccccc12)c1ccccc1F. The smallest absolute Gasteiger partial charge is 0.387 e. The minimum absolute atomic E-state index is 0.0131. The van der Waals surface area contributed by atoms with Crippen molar-refractivity contribution in [2.45, 2.75) is 6.61 Å². The molecule has 0 bridgehead atoms. The summed E-state index contributed by atoms with van der Waals surface area (Å²) in [5, 5.41) is 0.502. The van der Waals surface area contributed by atoms with Gasteiger partial charge in [-0.15, -0.1) is 0 Å². The molecule has 0 radical (unpaired) electrons. The lowest BCUT2D eigenvalue weighted by atomic mass is 10.0. The molecule has 0 amide bonds. The van der Waals surface area contributed by atoms with E-state index in [0.29, 0.717) is 22.2 Å². The van der Waals surface area contributed by atoms with E-state index < -0.39 is 30.8 Å². The molecule has 0 spiro atoms. The van der Waals surface area contributed by atoms with Crippen molar-refractivity contribution in [1.82, 2.24) is 4.98 Å². The van der Waals surface area contributed by atoms with Crippen molar-refractivity contribution in [3.63, 3.8) is 0 Å². The standard InChI is InChI=1S/C25H16F3NO4/c26-20-7-3-1-6-18(20)23(30)14-32-24(31)19-13-22(29-21-8-4-2-5-17(19)21)15-9-11-16(12-10-15)33-25(27)28/h1-13,25H,14H2. The molecule has 33 heavy (non-hydrogen) atoms. The molecule has 0 fully saturated rings. The number of pyridine rings is 1. The van der Waals surface area contributed by atoms with E-state index in [1.54, 1.807) is 24.3 Å². The van der Waals surface area contributed by atoms with Gasteiger partial charge in [-0.3, -0.25) is 4.79 Å². The summed E-state index contributed by atoms with van der Waals surface area (Å²) in [7, 11) is 0. The second-order valence-corrected chi connectivity index (χ2v) is 6.95. The Morgan fingerprint density at radius 2 is 1.58 bits per heavy atom. The molecule has 0 atom stereocenters. The highest BCUT2D eigenvalue weighted by Crippen LogP contribution is 2.27. The molecular weight excluding hydrogens is 435 g/mol. The molecule has 0 saturated carbocycles. The van der Waals surface area contributed by atoms with Gasteiger partial charge in [0.05, 0.1) is 22.3 Å². The maximum Gasteiger partial charge on any atom is 0.387 e. The molecule has 0 saturated heterocycles. The van der Waals surface area contributed by atoms with E-state index in [0.717, 1.165) is 6.07 Å². The summed E-state index contributed by atoms with van der Waals surface area (Å²) in [5.41, 5.74) is 1.43. The molecule has 0 aliphatic rings. The van der Waals surface area contributed by atoms with Crippen LogP contribution in [0.1, 0.15) is 20.7 Å². The van der Waals surface area contributed by atoms with Crippen LogP contribution in [-0.2, 0) is 4.74 Å². The maximum atomic E-state index is 13.8. The fourth-order valence-corrected chi connectivity index (χ4v) is 3.27. The van der Waals surface area contributed by atoms with Gasteiger partial charge in [0, 0.05) is 10.9 Å². The monoisotopic (exact) mass is 451 g/mol. The molecule has 8 heteroatoms. The number of benzene rings is 3. The predicted molar refractivity (Wildman–Crippen MR) is 115 cm³/mol. The first kappa shape index (κ1) is 22.0. The summed E-state index contributed by atoms with van der Waals surface area (Å²) in [6.07, 6.45) is 0. The predicted octanol–water partition coefficient (Wildman–Crippen LogP) is 5.68. The second kappa shape index (κ2) is 9.52. The van der Waals surface area contributed by atoms with Crippen LogP contribution in [0.3, 0.4) is 0 Å². The molecule has 0 aliphatic heterocycles. The highest BCUT2D eigenvalue weighted by Gasteiger charge is 2.18. The third-order valence-corrected chi connectivity index (χ3v) is 4.82. The van der Waals surface area contributed by atoms with Crippen molar-refractivity contribution in [3.8, 4) is 17.0 Å². The molecule has 1 aromatic heterocycles. The number of aromatic nitrogens is 1. The average molecular weight is 451 g/mol. The van der Waals surface area contributed by atoms with Crippen molar-refractivity contribution < 1.29 is 32.2 Å². The first-order valence-electron chi connectivity index (χ1n) is 9.82. The first-order chi connectivity index (χ1) is 15.9. The van der Waals surface area contributed by atoms with E-state index in [2.05, 4.69) is 9.72 Å². The molecule has 0 unspecified atom stereocenters. The number of esters is 1. The number of carbonyl (C=O) groups excluding carboxylic acids is 2. The third kappa shape index (κ3) is 5.01. The minimum Gasteiger partial charge on any atom is -0.454 e. The van der Waals surface area contributed by atoms with Crippen LogP contribution in [0.25, 0.3) is 22.2 Å². The Labute approximate surface area is 186 Å². The van der Waals surface area contributed by atoms with Gasteiger partial charge >= 0.3 is 12.6 Å². The first-order valence-corrected chi connectivity index (χ1v) is 9.82. The van der Waals surface area contributed by atoms with Gasteiger partial charge < -0.3 is 9.47 Å². The Morgan fingerprint density at radius 3 is 2.30 bits per heavy atom. The summed E-state index contributed by atoms with van der Waals surface area (Å²) in [6.45, 7) is -3.58. The minimum atomic E-state index is -2.94. The molecule has 0 N–H and O–H groups in total. The van der Waals surface area contributed by atoms with Crippen molar-refractivity contribution in [2.75, 3.05) is 6.61 Å². The summed E-state index contributed by atoms with van der Waals surface area (Å²) in [5.74, 6) is -2.16. The van der Waals surface area contributed by atoms with Crippen molar-refractivity contribution >= 4 is 22.7 Å². The van der Waals surface area contributed by atoms with Crippen molar-refractivity contribution in [2.24, 2.45) is 0 Å². The number of hydrogen-bond donors (Lipinski definition) is 0. The molecule has 4 aromatic rings. The lowest BCUT2D eigenvalue weighted by Crippen LogP contribution is -2.16. The number of para-hydroxylation sites is 1. The number of rotatable bonds is 7. The molecule has 3 aromatic carbocycles. The molecule has 166 valence electrons. The van der Waals surface area contributed by atoms with Crippen LogP contribution in [0.2, 0.25) is 0 Å². The number of carbonyl (C=O) groups is 2. The van der Waals surface area contributed by atoms with Gasteiger partial charge in [-0.1, -0.05) is 30.3 Å². The van der Waals surface area contributed by atoms with Crippen molar-refractivity contribution in [1.29, 1.82) is 0 Å². The quantitative estimate of drug-likeness (QED) is 0.267. The Kier molecular flexibility index (Phi) is 6.35. The molecule has 4 rings (SSSR count). The number of hydrogen-bond acceptors (Lipinski definition) is 5. The lowest BCUT2D eigenvalue weighted by Gasteiger charge is -2.11. The summed E-state index contributed by atoms with van der Waals surface area (Å²) < 4.78 is 48.1. The summed E-state index contributed by atoms with van der Waals surface area (Å²) in [4.78, 5) is 29.6. The fourth-order valence-electron chi connectivity index (χ4n) is 3.27. The molecule has 0 aliphatic carbocycles. The van der Waals surface area contributed by atoms with E-state index in [1.165, 1.54) is 48.5 Å². The second-order valence-electron chi connectivity index (χ2n) is 6.95. The highest BCUT2D eigenvalue weighted by molar-refractivity contribution is 6.06. The van der Waals surface area contributed by atoms with Crippen LogP contribution in [-0.4, -0.2) is 30.0 Å². The van der Waals surface area contributed by atoms with Crippen LogP contribution in [0.5, 0.6) is 5.75 Å². The Balaban J connectivity index is 1.62. The van der Waals surface area contributed by atoms with Gasteiger partial charge in [-0.2, -0.15) is 8.78 Å². The Bertz CT molecular complexity index is 1320. The zero-order valence-electron chi connectivity index (χ0n) is 17.0. The van der Waals surface area contributed by atoms with Gasteiger partial charge in [0.2, 0.25) is 5.78 Å². The number of Topliss-reactive ketones (excluding diaryl/α,β-unsaturated/α-hetero) is 1. The van der Waals surface area contributed by atoms with Crippen molar-refractivity contribution in [3.05, 3.63) is 95.8 Å². The number of fused-ring (bicyclic) bond motifs is 1. The van der Waals surface area contributed by atoms with E-state index in [1.807, 2.05) is 0 Å². The number of halogens is 3. The Morgan fingerprint density at radius 1 is 0.879 bits per heavy atom. The number of nitrogens with zero attached hydrogens (tertiary/aromatic N) is 1. The van der Waals surface area contributed by atoms with Gasteiger partial charge in [0.15, 0.2) is 6.61 Å². The fraction of sp³-hybridized carbons (Fsp3) is 0.0800. The average Bonchev–Trinajstić information content (AvgIpc) is 2.82. The summed E-state index contributed by atoms with van der Waals surface area (Å²) in [6, 6.07) is 19.6. The molecular formula is C25H16F3NO4. The van der Waals surface area contributed by atoms with E-state index >= 15 is 0 Å². The van der Waals surface area contributed by atoms with E-state index in [-0.39, 0.29) is 16.9 Å². The normalized spacial score (nSPS) is 10.9. The van der Waals surface area contributed by atoms with Crippen LogP contribution < -0.4 is 4.74 Å². The molecule has 1 heterocycles. The van der Waals surface area contributed by atoms with E-state index in [4.69, 9.17) is 4.74 Å². The molecule has 5 nitrogen and oxygen atoms in total. The van der Waals surface area contributed by atoms with Gasteiger partial charge in [-0.05, 0) is 48.5 Å². The number of ketones is 1. The van der Waals surface area contributed by atoms with Crippen LogP contribution >= 0.6 is 0 Å². The van der Waals surface area contributed by atoms with Crippen LogP contribution in [0.15, 0.2) is 78.9 Å². The van der Waals surface area contributed by atoms with Gasteiger partial charge in [0.1, 0.15) is 11.6 Å². The van der Waals surface area contributed by atoms with E-state index in [9.17, 15) is 22.8 Å². The largest absolute Gasteiger partial charge is 0.454 e. The van der Waals surface area contributed by atoms with Gasteiger partial charge in [0.25, 0.3) is 0 Å². The third-order valence-electron chi connectivity index (χ3n) is 4.82. The van der Waals surface area contributed by atoms with Crippen LogP contribution in [0.4, 0.5) is 13.2 Å². The van der Waals surface area contributed by atoms with Gasteiger partial charge in [-0.25, -0.2) is 14.2 Å². The van der Waals surface area contributed by atoms with Crippen LogP contribution in [0, 0.1) is 5.82 Å². The zero-order chi connectivity index (χ0) is 23.4. The number of ether oxygens (including phenoxy) is 2. The topological polar surface area (TPSA) is 65.5 Å². The summed E-state index contributed by atoms with van der Waals surface area (Å²) >= 11 is 0. The Hall–Kier alpha value is -4.20. The number of alkyl halides is 2. The highest BCUT2D eigenvalue weighted by atomic mass is 19.3. The zero-order valence-corrected chi connectivity index (χ0v) is 17.0.